The molecule has 0 aliphatic carbocycles. The third kappa shape index (κ3) is 6.57. The lowest BCUT2D eigenvalue weighted by Crippen LogP contribution is -2.28. The number of hydrogen-bond acceptors (Lipinski definition) is 5. The van der Waals surface area contributed by atoms with E-state index in [9.17, 15) is 14.4 Å². The van der Waals surface area contributed by atoms with Gasteiger partial charge in [-0.3, -0.25) is 14.4 Å². The van der Waals surface area contributed by atoms with Crippen LogP contribution in [0.2, 0.25) is 0 Å². The lowest BCUT2D eigenvalue weighted by molar-refractivity contribution is -0.151. The quantitative estimate of drug-likeness (QED) is 0.341. The number of carbonyl (C=O) groups excluding carboxylic acids is 3. The number of amides is 2. The Morgan fingerprint density at radius 2 is 1.73 bits per heavy atom. The first-order valence-corrected chi connectivity index (χ1v) is 12.9. The minimum absolute atomic E-state index is 0.0358. The molecule has 192 valence electrons. The van der Waals surface area contributed by atoms with Crippen LogP contribution in [0.5, 0.6) is 11.5 Å². The standard InChI is InChI=1S/C29H29BrN2O5/c1-4-20-14-22(30)6-12-26(20)31-27(33)17-36-29(35)21-15-28(34)32(16-21)23-7-10-24(11-8-23)37-25-9-5-18(2)19(3)13-25/h5-14,21H,4,15-17H2,1-3H3,(H,31,33)/t21-/m0/s1. The highest BCUT2D eigenvalue weighted by Crippen LogP contribution is 2.30. The fourth-order valence-corrected chi connectivity index (χ4v) is 4.55. The van der Waals surface area contributed by atoms with Gasteiger partial charge in [-0.1, -0.05) is 28.9 Å². The van der Waals surface area contributed by atoms with Crippen LogP contribution >= 0.6 is 15.9 Å². The van der Waals surface area contributed by atoms with Gasteiger partial charge in [0, 0.05) is 28.8 Å². The van der Waals surface area contributed by atoms with Crippen LogP contribution in [0.1, 0.15) is 30.0 Å². The lowest BCUT2D eigenvalue weighted by Gasteiger charge is -2.17. The molecule has 7 nitrogen and oxygen atoms in total. The largest absolute Gasteiger partial charge is 0.457 e. The van der Waals surface area contributed by atoms with Gasteiger partial charge in [0.25, 0.3) is 5.91 Å². The summed E-state index contributed by atoms with van der Waals surface area (Å²) in [6.07, 6.45) is 0.779. The minimum Gasteiger partial charge on any atom is -0.457 e. The highest BCUT2D eigenvalue weighted by Gasteiger charge is 2.36. The third-order valence-electron chi connectivity index (χ3n) is 6.39. The van der Waals surface area contributed by atoms with Crippen LogP contribution in [-0.4, -0.2) is 30.9 Å². The summed E-state index contributed by atoms with van der Waals surface area (Å²) >= 11 is 3.42. The fraction of sp³-hybridized carbons (Fsp3) is 0.276. The molecule has 0 spiro atoms. The van der Waals surface area contributed by atoms with Crippen molar-refractivity contribution in [3.63, 3.8) is 0 Å². The third-order valence-corrected chi connectivity index (χ3v) is 6.88. The van der Waals surface area contributed by atoms with Crippen LogP contribution in [-0.2, 0) is 25.5 Å². The topological polar surface area (TPSA) is 84.9 Å². The van der Waals surface area contributed by atoms with Gasteiger partial charge in [-0.2, -0.15) is 0 Å². The number of nitrogens with one attached hydrogen (secondary N) is 1. The number of rotatable bonds is 8. The summed E-state index contributed by atoms with van der Waals surface area (Å²) in [5.74, 6) is -0.399. The fourth-order valence-electron chi connectivity index (χ4n) is 4.14. The van der Waals surface area contributed by atoms with Gasteiger partial charge in [0.1, 0.15) is 11.5 Å². The summed E-state index contributed by atoms with van der Waals surface area (Å²) < 4.78 is 12.1. The molecule has 2 amide bonds. The monoisotopic (exact) mass is 564 g/mol. The molecule has 0 aromatic heterocycles. The molecule has 37 heavy (non-hydrogen) atoms. The van der Waals surface area contributed by atoms with Crippen LogP contribution < -0.4 is 15.0 Å². The first-order valence-electron chi connectivity index (χ1n) is 12.1. The molecule has 8 heteroatoms. The van der Waals surface area contributed by atoms with E-state index in [1.54, 1.807) is 35.2 Å². The molecule has 0 saturated carbocycles. The number of hydrogen-bond donors (Lipinski definition) is 1. The average Bonchev–Trinajstić information content (AvgIpc) is 3.28. The van der Waals surface area contributed by atoms with Crippen molar-refractivity contribution in [1.29, 1.82) is 0 Å². The van der Waals surface area contributed by atoms with E-state index in [1.165, 1.54) is 5.56 Å². The number of ether oxygens (including phenoxy) is 2. The number of anilines is 2. The smallest absolute Gasteiger partial charge is 0.311 e. The molecule has 1 heterocycles. The molecule has 3 aromatic rings. The van der Waals surface area contributed by atoms with Crippen molar-refractivity contribution < 1.29 is 23.9 Å². The van der Waals surface area contributed by atoms with Gasteiger partial charge < -0.3 is 19.7 Å². The zero-order valence-corrected chi connectivity index (χ0v) is 22.6. The zero-order chi connectivity index (χ0) is 26.5. The molecule has 1 atom stereocenters. The second kappa shape index (κ2) is 11.6. The van der Waals surface area contributed by atoms with E-state index in [0.29, 0.717) is 17.1 Å². The molecule has 3 aromatic carbocycles. The van der Waals surface area contributed by atoms with Gasteiger partial charge in [-0.25, -0.2) is 0 Å². The predicted molar refractivity (Wildman–Crippen MR) is 146 cm³/mol. The molecule has 0 radical (unpaired) electrons. The SMILES string of the molecule is CCc1cc(Br)ccc1NC(=O)COC(=O)[C@H]1CC(=O)N(c2ccc(Oc3ccc(C)c(C)c3)cc2)C1. The van der Waals surface area contributed by atoms with E-state index in [1.807, 2.05) is 51.1 Å². The lowest BCUT2D eigenvalue weighted by atomic mass is 10.1. The summed E-state index contributed by atoms with van der Waals surface area (Å²) in [6.45, 7) is 5.86. The Morgan fingerprint density at radius 1 is 1.00 bits per heavy atom. The first kappa shape index (κ1) is 26.4. The molecule has 4 rings (SSSR count). The van der Waals surface area contributed by atoms with Gasteiger partial charge in [0.2, 0.25) is 5.91 Å². The number of nitrogens with zero attached hydrogens (tertiary/aromatic N) is 1. The molecule has 1 aliphatic rings. The predicted octanol–water partition coefficient (Wildman–Crippen LogP) is 5.96. The van der Waals surface area contributed by atoms with E-state index in [2.05, 4.69) is 21.2 Å². The van der Waals surface area contributed by atoms with Crippen molar-refractivity contribution in [1.82, 2.24) is 0 Å². The normalized spacial score (nSPS) is 15.0. The van der Waals surface area contributed by atoms with E-state index in [0.717, 1.165) is 27.8 Å². The summed E-state index contributed by atoms with van der Waals surface area (Å²) in [5.41, 5.74) is 4.66. The molecule has 0 bridgehead atoms. The molecule has 0 unspecified atom stereocenters. The number of carbonyl (C=O) groups is 3. The van der Waals surface area contributed by atoms with E-state index in [-0.39, 0.29) is 18.9 Å². The minimum atomic E-state index is -0.634. The Kier molecular flexibility index (Phi) is 8.28. The molecule has 1 aliphatic heterocycles. The van der Waals surface area contributed by atoms with Crippen molar-refractivity contribution in [2.24, 2.45) is 5.92 Å². The molecule has 1 saturated heterocycles. The van der Waals surface area contributed by atoms with Crippen molar-refractivity contribution in [2.75, 3.05) is 23.4 Å². The Balaban J connectivity index is 1.30. The summed E-state index contributed by atoms with van der Waals surface area (Å²) in [6, 6.07) is 18.6. The summed E-state index contributed by atoms with van der Waals surface area (Å²) in [5, 5.41) is 2.78. The van der Waals surface area contributed by atoms with E-state index in [4.69, 9.17) is 9.47 Å². The molecular formula is C29H29BrN2O5. The van der Waals surface area contributed by atoms with Gasteiger partial charge in [0.05, 0.1) is 5.92 Å². The van der Waals surface area contributed by atoms with Crippen LogP contribution in [0.15, 0.2) is 65.1 Å². The second-order valence-corrected chi connectivity index (χ2v) is 9.97. The number of benzene rings is 3. The van der Waals surface area contributed by atoms with Crippen molar-refractivity contribution in [2.45, 2.75) is 33.6 Å². The number of esters is 1. The van der Waals surface area contributed by atoms with Gasteiger partial charge >= 0.3 is 5.97 Å². The van der Waals surface area contributed by atoms with Crippen LogP contribution in [0, 0.1) is 19.8 Å². The maximum absolute atomic E-state index is 12.6. The Labute approximate surface area is 224 Å². The second-order valence-electron chi connectivity index (χ2n) is 9.06. The first-order chi connectivity index (χ1) is 17.7. The molecule has 1 N–H and O–H groups in total. The zero-order valence-electron chi connectivity index (χ0n) is 21.0. The molecule has 1 fully saturated rings. The van der Waals surface area contributed by atoms with Crippen LogP contribution in [0.25, 0.3) is 0 Å². The average molecular weight is 565 g/mol. The van der Waals surface area contributed by atoms with Gasteiger partial charge in [-0.05, 0) is 91.6 Å². The van der Waals surface area contributed by atoms with Crippen LogP contribution in [0.4, 0.5) is 11.4 Å². The maximum Gasteiger partial charge on any atom is 0.311 e. The van der Waals surface area contributed by atoms with Crippen LogP contribution in [0.3, 0.4) is 0 Å². The highest BCUT2D eigenvalue weighted by atomic mass is 79.9. The Bertz CT molecular complexity index is 1320. The number of halogens is 1. The highest BCUT2D eigenvalue weighted by molar-refractivity contribution is 9.10. The van der Waals surface area contributed by atoms with E-state index >= 15 is 0 Å². The summed E-state index contributed by atoms with van der Waals surface area (Å²) in [7, 11) is 0. The van der Waals surface area contributed by atoms with Gasteiger partial charge in [-0.15, -0.1) is 0 Å². The van der Waals surface area contributed by atoms with Crippen molar-refractivity contribution in [3.05, 3.63) is 81.8 Å². The number of aryl methyl sites for hydroxylation is 3. The maximum atomic E-state index is 12.6. The van der Waals surface area contributed by atoms with E-state index < -0.39 is 24.4 Å². The van der Waals surface area contributed by atoms with Crippen molar-refractivity contribution in [3.8, 4) is 11.5 Å². The summed E-state index contributed by atoms with van der Waals surface area (Å²) in [4.78, 5) is 39.1. The molecular weight excluding hydrogens is 536 g/mol. The van der Waals surface area contributed by atoms with Crippen molar-refractivity contribution >= 4 is 45.1 Å². The Morgan fingerprint density at radius 3 is 2.43 bits per heavy atom. The van der Waals surface area contributed by atoms with Gasteiger partial charge in [0.15, 0.2) is 6.61 Å². The Hall–Kier alpha value is -3.65.